The molecule has 0 radical (unpaired) electrons. The standard InChI is InChI=1S/C19H21BrO4.C18H18BrNO3/c1-23-19(22)17(18(21)15-7-9-16(20)10-8-15)11-12-24-13-14-5-3-2-4-6-14;19-15-8-6-14(7-9-15)17-16(20-18(21)23-17)10-11-22-12-13-4-2-1-3-5-13/h2-10,17-18,21H,11-13H2,1H3;1-9,16-17H,10-12H2,(H,20,21). The van der Waals surface area contributed by atoms with Gasteiger partial charge in [-0.2, -0.15) is 0 Å². The smallest absolute Gasteiger partial charge is 0.408 e. The van der Waals surface area contributed by atoms with Gasteiger partial charge in [0.05, 0.1) is 38.4 Å². The minimum absolute atomic E-state index is 0.0700. The van der Waals surface area contributed by atoms with Crippen LogP contribution in [-0.4, -0.2) is 43.5 Å². The van der Waals surface area contributed by atoms with E-state index in [1.165, 1.54) is 7.11 Å². The number of cyclic esters (lactones) is 1. The molecule has 1 aliphatic rings. The number of amides is 1. The van der Waals surface area contributed by atoms with Crippen molar-refractivity contribution in [3.63, 3.8) is 0 Å². The highest BCUT2D eigenvalue weighted by molar-refractivity contribution is 9.10. The Labute approximate surface area is 292 Å². The van der Waals surface area contributed by atoms with Gasteiger partial charge in [0.25, 0.3) is 0 Å². The van der Waals surface area contributed by atoms with Crippen LogP contribution in [0.5, 0.6) is 0 Å². The van der Waals surface area contributed by atoms with Crippen LogP contribution in [0.4, 0.5) is 4.79 Å². The van der Waals surface area contributed by atoms with Crippen LogP contribution < -0.4 is 5.32 Å². The number of aliphatic hydroxyl groups excluding tert-OH is 1. The lowest BCUT2D eigenvalue weighted by Gasteiger charge is -2.21. The summed E-state index contributed by atoms with van der Waals surface area (Å²) >= 11 is 6.77. The molecule has 0 bridgehead atoms. The predicted octanol–water partition coefficient (Wildman–Crippen LogP) is 8.08. The number of alkyl carbamates (subject to hydrolysis) is 1. The Morgan fingerprint density at radius 1 is 0.809 bits per heavy atom. The highest BCUT2D eigenvalue weighted by Crippen LogP contribution is 2.30. The summed E-state index contributed by atoms with van der Waals surface area (Å²) in [5.41, 5.74) is 3.88. The van der Waals surface area contributed by atoms with Crippen LogP contribution in [0, 0.1) is 5.92 Å². The first-order chi connectivity index (χ1) is 22.8. The predicted molar refractivity (Wildman–Crippen MR) is 186 cm³/mol. The van der Waals surface area contributed by atoms with Crippen LogP contribution in [0.3, 0.4) is 0 Å². The van der Waals surface area contributed by atoms with Crippen molar-refractivity contribution >= 4 is 43.9 Å². The Bertz CT molecular complexity index is 1510. The lowest BCUT2D eigenvalue weighted by molar-refractivity contribution is -0.150. The molecule has 1 amide bonds. The average molecular weight is 770 g/mol. The van der Waals surface area contributed by atoms with Crippen molar-refractivity contribution in [2.24, 2.45) is 5.92 Å². The molecular formula is C37H39Br2NO7. The third-order valence-corrected chi connectivity index (χ3v) is 8.62. The van der Waals surface area contributed by atoms with Gasteiger partial charge in [0.2, 0.25) is 0 Å². The van der Waals surface area contributed by atoms with E-state index in [0.29, 0.717) is 44.8 Å². The van der Waals surface area contributed by atoms with Gasteiger partial charge in [-0.05, 0) is 59.4 Å². The minimum atomic E-state index is -0.925. The number of methoxy groups -OCH3 is 1. The van der Waals surface area contributed by atoms with Gasteiger partial charge in [0, 0.05) is 22.2 Å². The summed E-state index contributed by atoms with van der Waals surface area (Å²) in [5.74, 6) is -1.10. The lowest BCUT2D eigenvalue weighted by Crippen LogP contribution is -2.29. The number of halogens is 2. The minimum Gasteiger partial charge on any atom is -0.469 e. The van der Waals surface area contributed by atoms with Crippen LogP contribution in [0.2, 0.25) is 0 Å². The van der Waals surface area contributed by atoms with E-state index in [0.717, 1.165) is 25.6 Å². The summed E-state index contributed by atoms with van der Waals surface area (Å²) in [7, 11) is 1.33. The molecule has 47 heavy (non-hydrogen) atoms. The second-order valence-corrected chi connectivity index (χ2v) is 12.7. The van der Waals surface area contributed by atoms with E-state index in [-0.39, 0.29) is 18.2 Å². The Morgan fingerprint density at radius 3 is 1.89 bits per heavy atom. The van der Waals surface area contributed by atoms with Crippen molar-refractivity contribution in [2.45, 2.75) is 44.3 Å². The number of nitrogens with one attached hydrogen (secondary N) is 1. The average Bonchev–Trinajstić information content (AvgIpc) is 3.48. The number of carbonyl (C=O) groups is 2. The maximum absolute atomic E-state index is 12.0. The molecule has 10 heteroatoms. The number of hydrogen-bond acceptors (Lipinski definition) is 7. The monoisotopic (exact) mass is 767 g/mol. The molecule has 2 N–H and O–H groups in total. The molecule has 4 unspecified atom stereocenters. The molecule has 0 spiro atoms. The van der Waals surface area contributed by atoms with Crippen LogP contribution in [-0.2, 0) is 37.0 Å². The van der Waals surface area contributed by atoms with Crippen molar-refractivity contribution in [2.75, 3.05) is 20.3 Å². The van der Waals surface area contributed by atoms with Gasteiger partial charge in [-0.25, -0.2) is 4.79 Å². The van der Waals surface area contributed by atoms with E-state index < -0.39 is 18.0 Å². The van der Waals surface area contributed by atoms with Gasteiger partial charge in [-0.1, -0.05) is 117 Å². The van der Waals surface area contributed by atoms with E-state index in [2.05, 4.69) is 37.2 Å². The van der Waals surface area contributed by atoms with E-state index >= 15 is 0 Å². The van der Waals surface area contributed by atoms with Crippen LogP contribution in [0.25, 0.3) is 0 Å². The molecule has 8 nitrogen and oxygen atoms in total. The first kappa shape index (κ1) is 36.3. The largest absolute Gasteiger partial charge is 0.469 e. The van der Waals surface area contributed by atoms with Gasteiger partial charge in [-0.3, -0.25) is 4.79 Å². The Kier molecular flexibility index (Phi) is 14.9. The first-order valence-corrected chi connectivity index (χ1v) is 16.9. The Balaban J connectivity index is 0.000000213. The lowest BCUT2D eigenvalue weighted by atomic mass is 9.93. The molecule has 4 atom stereocenters. The zero-order valence-corrected chi connectivity index (χ0v) is 29.3. The fourth-order valence-corrected chi connectivity index (χ4v) is 5.56. The molecule has 5 rings (SSSR count). The fraction of sp³-hybridized carbons (Fsp3) is 0.297. The molecule has 1 fully saturated rings. The van der Waals surface area contributed by atoms with Crippen molar-refractivity contribution < 1.29 is 33.6 Å². The number of hydrogen-bond donors (Lipinski definition) is 2. The number of ether oxygens (including phenoxy) is 4. The SMILES string of the molecule is COC(=O)C(CCOCc1ccccc1)C(O)c1ccc(Br)cc1.O=C1NC(CCOCc2ccccc2)C(c2ccc(Br)cc2)O1. The number of rotatable bonds is 14. The van der Waals surface area contributed by atoms with E-state index in [1.54, 1.807) is 12.1 Å². The molecule has 1 aliphatic heterocycles. The molecule has 0 aromatic heterocycles. The maximum atomic E-state index is 12.0. The molecule has 248 valence electrons. The fourth-order valence-electron chi connectivity index (χ4n) is 5.03. The highest BCUT2D eigenvalue weighted by atomic mass is 79.9. The van der Waals surface area contributed by atoms with Crippen LogP contribution in [0.1, 0.15) is 47.3 Å². The van der Waals surface area contributed by atoms with Crippen LogP contribution in [0.15, 0.2) is 118 Å². The molecule has 1 saturated heterocycles. The number of esters is 1. The second kappa shape index (κ2) is 19.3. The van der Waals surface area contributed by atoms with Gasteiger partial charge < -0.3 is 29.4 Å². The summed E-state index contributed by atoms with van der Waals surface area (Å²) in [5, 5.41) is 13.4. The molecule has 0 aliphatic carbocycles. The molecule has 4 aromatic rings. The molecule has 4 aromatic carbocycles. The van der Waals surface area contributed by atoms with Gasteiger partial charge >= 0.3 is 12.1 Å². The van der Waals surface area contributed by atoms with Crippen molar-refractivity contribution in [1.82, 2.24) is 5.32 Å². The van der Waals surface area contributed by atoms with Crippen molar-refractivity contribution in [3.8, 4) is 0 Å². The Morgan fingerprint density at radius 2 is 1.34 bits per heavy atom. The topological polar surface area (TPSA) is 103 Å². The summed E-state index contributed by atoms with van der Waals surface area (Å²) in [6.07, 6.45) is -0.469. The van der Waals surface area contributed by atoms with Gasteiger partial charge in [0.15, 0.2) is 0 Å². The summed E-state index contributed by atoms with van der Waals surface area (Å²) in [6.45, 7) is 1.98. The van der Waals surface area contributed by atoms with Crippen LogP contribution >= 0.6 is 31.9 Å². The van der Waals surface area contributed by atoms with E-state index in [9.17, 15) is 14.7 Å². The number of aliphatic hydroxyl groups is 1. The molecule has 0 saturated carbocycles. The Hall–Kier alpha value is -3.54. The third kappa shape index (κ3) is 11.9. The third-order valence-electron chi connectivity index (χ3n) is 7.57. The summed E-state index contributed by atoms with van der Waals surface area (Å²) < 4.78 is 23.5. The number of benzene rings is 4. The van der Waals surface area contributed by atoms with Gasteiger partial charge in [-0.15, -0.1) is 0 Å². The van der Waals surface area contributed by atoms with E-state index in [1.807, 2.05) is 97.1 Å². The quantitative estimate of drug-likeness (QED) is 0.0988. The summed E-state index contributed by atoms with van der Waals surface area (Å²) in [6, 6.07) is 34.8. The zero-order valence-electron chi connectivity index (χ0n) is 26.1. The molecule has 1 heterocycles. The number of carbonyl (C=O) groups excluding carboxylic acids is 2. The second-order valence-electron chi connectivity index (χ2n) is 10.9. The normalized spacial score (nSPS) is 16.6. The summed E-state index contributed by atoms with van der Waals surface area (Å²) in [4.78, 5) is 23.6. The van der Waals surface area contributed by atoms with Crippen molar-refractivity contribution in [1.29, 1.82) is 0 Å². The first-order valence-electron chi connectivity index (χ1n) is 15.3. The van der Waals surface area contributed by atoms with Crippen molar-refractivity contribution in [3.05, 3.63) is 140 Å². The van der Waals surface area contributed by atoms with Gasteiger partial charge in [0.1, 0.15) is 6.10 Å². The zero-order chi connectivity index (χ0) is 33.4. The highest BCUT2D eigenvalue weighted by Gasteiger charge is 2.35. The van der Waals surface area contributed by atoms with E-state index in [4.69, 9.17) is 18.9 Å². The maximum Gasteiger partial charge on any atom is 0.408 e. The molecular weight excluding hydrogens is 730 g/mol.